The standard InChI is InChI=1S/C14H20FNO/c1-17-14-10-12(15)6-7-13(14)16-9-8-11-4-2-3-5-11/h6-7,10-11,16H,2-5,8-9H2,1H3. The van der Waals surface area contributed by atoms with Crippen LogP contribution in [0.25, 0.3) is 0 Å². The first-order valence-electron chi connectivity index (χ1n) is 6.37. The zero-order chi connectivity index (χ0) is 12.1. The molecule has 0 saturated heterocycles. The molecule has 1 aliphatic rings. The van der Waals surface area contributed by atoms with Gasteiger partial charge in [-0.25, -0.2) is 4.39 Å². The molecule has 2 nitrogen and oxygen atoms in total. The van der Waals surface area contributed by atoms with Crippen LogP contribution in [0.3, 0.4) is 0 Å². The summed E-state index contributed by atoms with van der Waals surface area (Å²) in [5.41, 5.74) is 0.881. The van der Waals surface area contributed by atoms with Crippen molar-refractivity contribution in [1.82, 2.24) is 0 Å². The highest BCUT2D eigenvalue weighted by Crippen LogP contribution is 2.29. The molecule has 1 aliphatic carbocycles. The summed E-state index contributed by atoms with van der Waals surface area (Å²) in [4.78, 5) is 0. The van der Waals surface area contributed by atoms with Crippen molar-refractivity contribution >= 4 is 5.69 Å². The SMILES string of the molecule is COc1cc(F)ccc1NCCC1CCCC1. The summed E-state index contributed by atoms with van der Waals surface area (Å²) < 4.78 is 18.1. The lowest BCUT2D eigenvalue weighted by atomic mass is 10.0. The average Bonchev–Trinajstić information content (AvgIpc) is 2.84. The highest BCUT2D eigenvalue weighted by Gasteiger charge is 2.14. The van der Waals surface area contributed by atoms with E-state index in [1.807, 2.05) is 0 Å². The summed E-state index contributed by atoms with van der Waals surface area (Å²) in [6.45, 7) is 0.937. The highest BCUT2D eigenvalue weighted by molar-refractivity contribution is 5.56. The number of halogens is 1. The number of methoxy groups -OCH3 is 1. The number of benzene rings is 1. The van der Waals surface area contributed by atoms with Gasteiger partial charge in [0.05, 0.1) is 12.8 Å². The Labute approximate surface area is 102 Å². The third kappa shape index (κ3) is 3.35. The summed E-state index contributed by atoms with van der Waals surface area (Å²) >= 11 is 0. The normalized spacial score (nSPS) is 16.1. The van der Waals surface area contributed by atoms with Crippen LogP contribution in [0, 0.1) is 11.7 Å². The van der Waals surface area contributed by atoms with Gasteiger partial charge in [0.15, 0.2) is 0 Å². The van der Waals surface area contributed by atoms with E-state index in [9.17, 15) is 4.39 Å². The van der Waals surface area contributed by atoms with Crippen LogP contribution in [0.2, 0.25) is 0 Å². The molecule has 0 unspecified atom stereocenters. The lowest BCUT2D eigenvalue weighted by Crippen LogP contribution is -2.07. The number of hydrogen-bond acceptors (Lipinski definition) is 2. The van der Waals surface area contributed by atoms with Crippen molar-refractivity contribution in [3.63, 3.8) is 0 Å². The van der Waals surface area contributed by atoms with E-state index in [1.54, 1.807) is 13.2 Å². The highest BCUT2D eigenvalue weighted by atomic mass is 19.1. The average molecular weight is 237 g/mol. The third-order valence-corrected chi connectivity index (χ3v) is 3.51. The van der Waals surface area contributed by atoms with Gasteiger partial charge in [-0.15, -0.1) is 0 Å². The molecule has 0 bridgehead atoms. The second-order valence-corrected chi connectivity index (χ2v) is 4.71. The second-order valence-electron chi connectivity index (χ2n) is 4.71. The first-order chi connectivity index (χ1) is 8.29. The summed E-state index contributed by atoms with van der Waals surface area (Å²) in [7, 11) is 1.57. The summed E-state index contributed by atoms with van der Waals surface area (Å²) in [6.07, 6.45) is 6.68. The maximum atomic E-state index is 13.0. The minimum absolute atomic E-state index is 0.261. The lowest BCUT2D eigenvalue weighted by molar-refractivity contribution is 0.412. The molecular weight excluding hydrogens is 217 g/mol. The molecule has 2 rings (SSSR count). The molecule has 0 aromatic heterocycles. The minimum Gasteiger partial charge on any atom is -0.494 e. The Morgan fingerprint density at radius 3 is 2.82 bits per heavy atom. The van der Waals surface area contributed by atoms with Gasteiger partial charge in [-0.1, -0.05) is 25.7 Å². The monoisotopic (exact) mass is 237 g/mol. The van der Waals surface area contributed by atoms with E-state index in [-0.39, 0.29) is 5.82 Å². The van der Waals surface area contributed by atoms with Crippen LogP contribution in [0.15, 0.2) is 18.2 Å². The first kappa shape index (κ1) is 12.2. The number of rotatable bonds is 5. The van der Waals surface area contributed by atoms with Crippen LogP contribution in [-0.2, 0) is 0 Å². The van der Waals surface area contributed by atoms with Crippen LogP contribution in [0.1, 0.15) is 32.1 Å². The molecule has 1 fully saturated rings. The molecule has 0 spiro atoms. The molecule has 3 heteroatoms. The predicted molar refractivity (Wildman–Crippen MR) is 68.0 cm³/mol. The second kappa shape index (κ2) is 5.89. The van der Waals surface area contributed by atoms with Gasteiger partial charge in [0.2, 0.25) is 0 Å². The first-order valence-corrected chi connectivity index (χ1v) is 6.37. The van der Waals surface area contributed by atoms with Gasteiger partial charge < -0.3 is 10.1 Å². The zero-order valence-electron chi connectivity index (χ0n) is 10.3. The molecule has 1 aromatic carbocycles. The van der Waals surface area contributed by atoms with Crippen molar-refractivity contribution in [3.05, 3.63) is 24.0 Å². The summed E-state index contributed by atoms with van der Waals surface area (Å²) in [5.74, 6) is 1.19. The van der Waals surface area contributed by atoms with Gasteiger partial charge in [-0.2, -0.15) is 0 Å². The fourth-order valence-electron chi connectivity index (χ4n) is 2.52. The Balaban J connectivity index is 1.85. The van der Waals surface area contributed by atoms with Gasteiger partial charge in [0.25, 0.3) is 0 Å². The van der Waals surface area contributed by atoms with Gasteiger partial charge in [-0.3, -0.25) is 0 Å². The number of anilines is 1. The molecule has 0 heterocycles. The van der Waals surface area contributed by atoms with E-state index in [0.717, 1.165) is 18.2 Å². The largest absolute Gasteiger partial charge is 0.494 e. The maximum Gasteiger partial charge on any atom is 0.144 e. The summed E-state index contributed by atoms with van der Waals surface area (Å²) in [6, 6.07) is 4.61. The molecule has 0 atom stereocenters. The van der Waals surface area contributed by atoms with Crippen LogP contribution in [-0.4, -0.2) is 13.7 Å². The van der Waals surface area contributed by atoms with Crippen LogP contribution >= 0.6 is 0 Å². The molecule has 0 amide bonds. The van der Waals surface area contributed by atoms with Gasteiger partial charge >= 0.3 is 0 Å². The summed E-state index contributed by atoms with van der Waals surface area (Å²) in [5, 5.41) is 3.33. The van der Waals surface area contributed by atoms with Crippen LogP contribution in [0.4, 0.5) is 10.1 Å². The van der Waals surface area contributed by atoms with E-state index in [2.05, 4.69) is 5.32 Å². The maximum absolute atomic E-state index is 13.0. The molecule has 0 radical (unpaired) electrons. The zero-order valence-corrected chi connectivity index (χ0v) is 10.3. The number of hydrogen-bond donors (Lipinski definition) is 1. The van der Waals surface area contributed by atoms with Crippen LogP contribution in [0.5, 0.6) is 5.75 Å². The topological polar surface area (TPSA) is 21.3 Å². The van der Waals surface area contributed by atoms with E-state index in [1.165, 1.54) is 44.2 Å². The van der Waals surface area contributed by atoms with Crippen molar-refractivity contribution < 1.29 is 9.13 Å². The molecule has 17 heavy (non-hydrogen) atoms. The Kier molecular flexibility index (Phi) is 4.24. The quantitative estimate of drug-likeness (QED) is 0.840. The third-order valence-electron chi connectivity index (χ3n) is 3.51. The molecule has 0 aliphatic heterocycles. The Morgan fingerprint density at radius 1 is 1.35 bits per heavy atom. The predicted octanol–water partition coefficient (Wildman–Crippen LogP) is 3.83. The number of nitrogens with one attached hydrogen (secondary N) is 1. The smallest absolute Gasteiger partial charge is 0.144 e. The van der Waals surface area contributed by atoms with Crippen molar-refractivity contribution in [2.45, 2.75) is 32.1 Å². The Bertz CT molecular complexity index is 361. The molecule has 1 saturated carbocycles. The van der Waals surface area contributed by atoms with Gasteiger partial charge in [-0.05, 0) is 24.5 Å². The molecule has 1 aromatic rings. The van der Waals surface area contributed by atoms with Crippen molar-refractivity contribution in [1.29, 1.82) is 0 Å². The molecular formula is C14H20FNO. The fraction of sp³-hybridized carbons (Fsp3) is 0.571. The fourth-order valence-corrected chi connectivity index (χ4v) is 2.52. The lowest BCUT2D eigenvalue weighted by Gasteiger charge is -2.13. The Hall–Kier alpha value is -1.25. The number of ether oxygens (including phenoxy) is 1. The van der Waals surface area contributed by atoms with Gasteiger partial charge in [0, 0.05) is 12.6 Å². The van der Waals surface area contributed by atoms with Crippen LogP contribution < -0.4 is 10.1 Å². The molecule has 1 N–H and O–H groups in total. The van der Waals surface area contributed by atoms with E-state index in [0.29, 0.717) is 5.75 Å². The van der Waals surface area contributed by atoms with Crippen molar-refractivity contribution in [3.8, 4) is 5.75 Å². The molecule has 94 valence electrons. The minimum atomic E-state index is -0.261. The van der Waals surface area contributed by atoms with E-state index >= 15 is 0 Å². The van der Waals surface area contributed by atoms with Crippen molar-refractivity contribution in [2.75, 3.05) is 19.0 Å². The van der Waals surface area contributed by atoms with Gasteiger partial charge in [0.1, 0.15) is 11.6 Å². The van der Waals surface area contributed by atoms with Crippen molar-refractivity contribution in [2.24, 2.45) is 5.92 Å². The van der Waals surface area contributed by atoms with E-state index in [4.69, 9.17) is 4.74 Å². The van der Waals surface area contributed by atoms with E-state index < -0.39 is 0 Å². The Morgan fingerprint density at radius 2 is 2.12 bits per heavy atom.